The highest BCUT2D eigenvalue weighted by atomic mass is 16.5. The number of carbonyl (C=O) groups is 1. The third-order valence-corrected chi connectivity index (χ3v) is 2.23. The van der Waals surface area contributed by atoms with Gasteiger partial charge in [-0.3, -0.25) is 4.79 Å². The zero-order valence-corrected chi connectivity index (χ0v) is 10.7. The van der Waals surface area contributed by atoms with Crippen LogP contribution in [0.25, 0.3) is 0 Å². The fourth-order valence-electron chi connectivity index (χ4n) is 1.28. The molecule has 2 N–H and O–H groups in total. The minimum atomic E-state index is -0.150. The van der Waals surface area contributed by atoms with Gasteiger partial charge in [0.05, 0.1) is 18.8 Å². The highest BCUT2D eigenvalue weighted by Gasteiger charge is 2.04. The Morgan fingerprint density at radius 3 is 2.56 bits per heavy atom. The number of carbonyl (C=O) groups excluding carboxylic acids is 1. The average Bonchev–Trinajstić information content (AvgIpc) is 2.40. The summed E-state index contributed by atoms with van der Waals surface area (Å²) in [5.74, 6) is 0.573. The second-order valence-corrected chi connectivity index (χ2v) is 3.60. The van der Waals surface area contributed by atoms with E-state index in [-0.39, 0.29) is 5.91 Å². The minimum Gasteiger partial charge on any atom is -0.383 e. The first-order chi connectivity index (χ1) is 8.77. The molecule has 0 radical (unpaired) electrons. The van der Waals surface area contributed by atoms with Gasteiger partial charge in [-0.1, -0.05) is 0 Å². The number of methoxy groups -OCH3 is 2. The molecule has 1 heterocycles. The van der Waals surface area contributed by atoms with Crippen molar-refractivity contribution in [2.24, 2.45) is 0 Å². The van der Waals surface area contributed by atoms with Crippen LogP contribution in [-0.2, 0) is 9.47 Å². The summed E-state index contributed by atoms with van der Waals surface area (Å²) in [6.45, 7) is 2.28. The van der Waals surface area contributed by atoms with Gasteiger partial charge in [-0.15, -0.1) is 0 Å². The van der Waals surface area contributed by atoms with Crippen molar-refractivity contribution in [2.45, 2.75) is 0 Å². The molecule has 6 heteroatoms. The number of ether oxygens (including phenoxy) is 2. The molecule has 100 valence electrons. The van der Waals surface area contributed by atoms with E-state index in [9.17, 15) is 4.79 Å². The summed E-state index contributed by atoms with van der Waals surface area (Å²) in [4.78, 5) is 15.8. The number of anilines is 1. The predicted molar refractivity (Wildman–Crippen MR) is 68.8 cm³/mol. The molecule has 0 saturated heterocycles. The quantitative estimate of drug-likeness (QED) is 0.661. The van der Waals surface area contributed by atoms with Crippen LogP contribution in [-0.4, -0.2) is 51.4 Å². The van der Waals surface area contributed by atoms with Crippen LogP contribution >= 0.6 is 0 Å². The molecule has 0 saturated carbocycles. The summed E-state index contributed by atoms with van der Waals surface area (Å²) in [7, 11) is 3.23. The van der Waals surface area contributed by atoms with E-state index < -0.39 is 0 Å². The second kappa shape index (κ2) is 8.43. The van der Waals surface area contributed by atoms with Crippen molar-refractivity contribution in [2.75, 3.05) is 45.8 Å². The maximum absolute atomic E-state index is 11.6. The van der Waals surface area contributed by atoms with Crippen molar-refractivity contribution >= 4 is 11.7 Å². The number of amides is 1. The SMILES string of the molecule is COCCNC(=O)c1ccc(NCCOC)nc1. The molecule has 1 amide bonds. The molecule has 1 aromatic rings. The summed E-state index contributed by atoms with van der Waals surface area (Å²) in [5, 5.41) is 5.80. The van der Waals surface area contributed by atoms with Gasteiger partial charge < -0.3 is 20.1 Å². The summed E-state index contributed by atoms with van der Waals surface area (Å²) >= 11 is 0. The van der Waals surface area contributed by atoms with Gasteiger partial charge in [0.2, 0.25) is 0 Å². The Morgan fingerprint density at radius 2 is 1.94 bits per heavy atom. The van der Waals surface area contributed by atoms with Gasteiger partial charge in [0.1, 0.15) is 5.82 Å². The molecule has 0 atom stereocenters. The van der Waals surface area contributed by atoms with Gasteiger partial charge >= 0.3 is 0 Å². The smallest absolute Gasteiger partial charge is 0.252 e. The molecular weight excluding hydrogens is 234 g/mol. The van der Waals surface area contributed by atoms with Crippen LogP contribution in [0.5, 0.6) is 0 Å². The lowest BCUT2D eigenvalue weighted by molar-refractivity contribution is 0.0937. The van der Waals surface area contributed by atoms with Crippen LogP contribution in [0.1, 0.15) is 10.4 Å². The molecule has 0 bridgehead atoms. The molecule has 1 rings (SSSR count). The molecule has 0 spiro atoms. The highest BCUT2D eigenvalue weighted by Crippen LogP contribution is 2.04. The van der Waals surface area contributed by atoms with Gasteiger partial charge in [0, 0.05) is 33.5 Å². The average molecular weight is 253 g/mol. The van der Waals surface area contributed by atoms with Crippen molar-refractivity contribution < 1.29 is 14.3 Å². The second-order valence-electron chi connectivity index (χ2n) is 3.60. The standard InChI is InChI=1S/C12H19N3O3/c1-17-7-5-13-11-4-3-10(9-15-11)12(16)14-6-8-18-2/h3-4,9H,5-8H2,1-2H3,(H,13,15)(H,14,16). The Labute approximate surface area is 107 Å². The predicted octanol–water partition coefficient (Wildman–Crippen LogP) is 0.516. The highest BCUT2D eigenvalue weighted by molar-refractivity contribution is 5.94. The molecule has 0 unspecified atom stereocenters. The van der Waals surface area contributed by atoms with E-state index >= 15 is 0 Å². The van der Waals surface area contributed by atoms with Crippen molar-refractivity contribution in [3.8, 4) is 0 Å². The molecule has 0 fully saturated rings. The Morgan fingerprint density at radius 1 is 1.22 bits per heavy atom. The lowest BCUT2D eigenvalue weighted by atomic mass is 10.2. The fourth-order valence-corrected chi connectivity index (χ4v) is 1.28. The molecule has 1 aromatic heterocycles. The fraction of sp³-hybridized carbons (Fsp3) is 0.500. The maximum Gasteiger partial charge on any atom is 0.252 e. The van der Waals surface area contributed by atoms with Crippen molar-refractivity contribution in [3.63, 3.8) is 0 Å². The number of nitrogens with one attached hydrogen (secondary N) is 2. The van der Waals surface area contributed by atoms with E-state index in [1.54, 1.807) is 26.4 Å². The Bertz CT molecular complexity index is 354. The van der Waals surface area contributed by atoms with Gasteiger partial charge in [-0.05, 0) is 12.1 Å². The van der Waals surface area contributed by atoms with Crippen molar-refractivity contribution in [3.05, 3.63) is 23.9 Å². The van der Waals surface area contributed by atoms with Crippen LogP contribution in [0, 0.1) is 0 Å². The topological polar surface area (TPSA) is 72.5 Å². The third kappa shape index (κ3) is 5.11. The van der Waals surface area contributed by atoms with E-state index in [1.165, 1.54) is 6.20 Å². The molecule has 0 aromatic carbocycles. The molecule has 18 heavy (non-hydrogen) atoms. The maximum atomic E-state index is 11.6. The van der Waals surface area contributed by atoms with E-state index in [1.807, 2.05) is 0 Å². The minimum absolute atomic E-state index is 0.150. The molecule has 0 aliphatic heterocycles. The van der Waals surface area contributed by atoms with Crippen LogP contribution in [0.4, 0.5) is 5.82 Å². The number of pyridine rings is 1. The Kier molecular flexibility index (Phi) is 6.75. The van der Waals surface area contributed by atoms with Gasteiger partial charge in [-0.25, -0.2) is 4.98 Å². The monoisotopic (exact) mass is 253 g/mol. The molecular formula is C12H19N3O3. The first-order valence-electron chi connectivity index (χ1n) is 5.74. The Balaban J connectivity index is 2.41. The number of rotatable bonds is 8. The first kappa shape index (κ1) is 14.4. The number of hydrogen-bond donors (Lipinski definition) is 2. The summed E-state index contributed by atoms with van der Waals surface area (Å²) in [5.41, 5.74) is 0.531. The molecule has 0 aliphatic rings. The Hall–Kier alpha value is -1.66. The summed E-state index contributed by atoms with van der Waals surface area (Å²) in [6.07, 6.45) is 1.54. The van der Waals surface area contributed by atoms with E-state index in [4.69, 9.17) is 9.47 Å². The van der Waals surface area contributed by atoms with Gasteiger partial charge in [0.25, 0.3) is 5.91 Å². The lowest BCUT2D eigenvalue weighted by Gasteiger charge is -2.06. The van der Waals surface area contributed by atoms with Gasteiger partial charge in [-0.2, -0.15) is 0 Å². The van der Waals surface area contributed by atoms with Crippen LogP contribution < -0.4 is 10.6 Å². The number of hydrogen-bond acceptors (Lipinski definition) is 5. The van der Waals surface area contributed by atoms with Crippen LogP contribution in [0.15, 0.2) is 18.3 Å². The van der Waals surface area contributed by atoms with Gasteiger partial charge in [0.15, 0.2) is 0 Å². The van der Waals surface area contributed by atoms with Crippen LogP contribution in [0.2, 0.25) is 0 Å². The summed E-state index contributed by atoms with van der Waals surface area (Å²) in [6, 6.07) is 3.49. The summed E-state index contributed by atoms with van der Waals surface area (Å²) < 4.78 is 9.76. The van der Waals surface area contributed by atoms with E-state index in [0.717, 1.165) is 5.82 Å². The third-order valence-electron chi connectivity index (χ3n) is 2.23. The zero-order chi connectivity index (χ0) is 13.2. The van der Waals surface area contributed by atoms with Crippen molar-refractivity contribution in [1.29, 1.82) is 0 Å². The number of nitrogens with zero attached hydrogens (tertiary/aromatic N) is 1. The van der Waals surface area contributed by atoms with E-state index in [2.05, 4.69) is 15.6 Å². The van der Waals surface area contributed by atoms with E-state index in [0.29, 0.717) is 31.9 Å². The molecule has 0 aliphatic carbocycles. The normalized spacial score (nSPS) is 10.1. The van der Waals surface area contributed by atoms with Crippen molar-refractivity contribution in [1.82, 2.24) is 10.3 Å². The largest absolute Gasteiger partial charge is 0.383 e. The number of aromatic nitrogens is 1. The van der Waals surface area contributed by atoms with Crippen LogP contribution in [0.3, 0.4) is 0 Å². The molecule has 6 nitrogen and oxygen atoms in total. The first-order valence-corrected chi connectivity index (χ1v) is 5.74. The lowest BCUT2D eigenvalue weighted by Crippen LogP contribution is -2.27. The zero-order valence-electron chi connectivity index (χ0n) is 10.7.